The molecule has 1 aromatic carbocycles. The minimum Gasteiger partial charge on any atom is -0.460 e. The predicted molar refractivity (Wildman–Crippen MR) is 151 cm³/mol. The fourth-order valence-corrected chi connectivity index (χ4v) is 4.06. The Kier molecular flexibility index (Phi) is 9.02. The van der Waals surface area contributed by atoms with E-state index in [1.54, 1.807) is 50.2 Å². The van der Waals surface area contributed by atoms with Crippen LogP contribution in [0.25, 0.3) is 0 Å². The summed E-state index contributed by atoms with van der Waals surface area (Å²) in [6.07, 6.45) is 4.93. The van der Waals surface area contributed by atoms with Crippen molar-refractivity contribution in [1.82, 2.24) is 19.1 Å². The van der Waals surface area contributed by atoms with Crippen molar-refractivity contribution in [3.63, 3.8) is 0 Å². The van der Waals surface area contributed by atoms with Crippen LogP contribution in [0.1, 0.15) is 41.1 Å². The topological polar surface area (TPSA) is 169 Å². The number of aromatic nitrogens is 4. The van der Waals surface area contributed by atoms with Gasteiger partial charge in [0.1, 0.15) is 23.1 Å². The number of furan rings is 1. The van der Waals surface area contributed by atoms with Crippen LogP contribution in [0.2, 0.25) is 0 Å². The van der Waals surface area contributed by atoms with E-state index in [9.17, 15) is 28.8 Å². The Labute approximate surface area is 233 Å². The number of hydrogen-bond donors (Lipinski definition) is 2. The van der Waals surface area contributed by atoms with Gasteiger partial charge in [-0.3, -0.25) is 43.3 Å². The summed E-state index contributed by atoms with van der Waals surface area (Å²) >= 11 is 0. The number of benzene rings is 1. The van der Waals surface area contributed by atoms with Gasteiger partial charge in [0, 0.05) is 55.9 Å². The summed E-state index contributed by atoms with van der Waals surface area (Å²) in [5.74, 6) is 0.766. The quantitative estimate of drug-likeness (QED) is 0.249. The molecular weight excluding hydrogens is 530 g/mol. The van der Waals surface area contributed by atoms with Gasteiger partial charge in [-0.15, -0.1) is 0 Å². The monoisotopic (exact) mass is 559 g/mol. The molecule has 0 atom stereocenters. The lowest BCUT2D eigenvalue weighted by molar-refractivity contribution is -0.119. The molecule has 0 unspecified atom stereocenters. The summed E-state index contributed by atoms with van der Waals surface area (Å²) in [4.78, 5) is 80.2. The number of hydrogen-bond acceptors (Lipinski definition) is 8. The number of aliphatic imine (C=N–C) groups is 1. The van der Waals surface area contributed by atoms with Gasteiger partial charge in [-0.2, -0.15) is 0 Å². The van der Waals surface area contributed by atoms with Crippen molar-refractivity contribution in [1.29, 1.82) is 0 Å². The molecule has 0 saturated heterocycles. The standard InChI is InChI=1S/C29H29N5O7/c1-18-16-33(28(39)31-26(18)37)11-9-22(35)13-20-3-5-21(6-4-20)30-15-25-8-7-24(41-25)14-23(36)10-12-34-17-19(2)27(38)32-29(34)40/h3-8,15-17H,9-14H2,1-2H3,(H,31,37,39)(H,32,38,40). The Hall–Kier alpha value is -5.13. The molecule has 12 heteroatoms. The lowest BCUT2D eigenvalue weighted by Crippen LogP contribution is -2.31. The maximum absolute atomic E-state index is 12.4. The number of nitrogens with zero attached hydrogens (tertiary/aromatic N) is 3. The average molecular weight is 560 g/mol. The maximum Gasteiger partial charge on any atom is 0.328 e. The molecule has 0 saturated carbocycles. The first-order valence-corrected chi connectivity index (χ1v) is 12.9. The normalized spacial score (nSPS) is 11.3. The van der Waals surface area contributed by atoms with Crippen LogP contribution in [-0.4, -0.2) is 36.9 Å². The third-order valence-electron chi connectivity index (χ3n) is 6.37. The van der Waals surface area contributed by atoms with Crippen molar-refractivity contribution < 1.29 is 14.0 Å². The number of Topliss-reactive ketones (excluding diaryl/α,β-unsaturated/α-hetero) is 2. The molecule has 0 aliphatic carbocycles. The van der Waals surface area contributed by atoms with E-state index in [1.165, 1.54) is 27.7 Å². The molecule has 0 aliphatic heterocycles. The highest BCUT2D eigenvalue weighted by Crippen LogP contribution is 2.15. The summed E-state index contributed by atoms with van der Waals surface area (Å²) in [6.45, 7) is 3.52. The van der Waals surface area contributed by atoms with Crippen LogP contribution in [0.15, 0.2) is 77.4 Å². The predicted octanol–water partition coefficient (Wildman–Crippen LogP) is 1.75. The van der Waals surface area contributed by atoms with Gasteiger partial charge in [0.2, 0.25) is 0 Å². The Bertz CT molecular complexity index is 1830. The minimum atomic E-state index is -0.555. The zero-order valence-corrected chi connectivity index (χ0v) is 22.6. The van der Waals surface area contributed by atoms with Crippen LogP contribution < -0.4 is 22.5 Å². The lowest BCUT2D eigenvalue weighted by Gasteiger charge is -2.06. The summed E-state index contributed by atoms with van der Waals surface area (Å²) in [6, 6.07) is 10.5. The highest BCUT2D eigenvalue weighted by molar-refractivity contribution is 5.82. The summed E-state index contributed by atoms with van der Waals surface area (Å²) in [5.41, 5.74) is 0.266. The Morgan fingerprint density at radius 3 is 1.88 bits per heavy atom. The van der Waals surface area contributed by atoms with E-state index in [0.717, 1.165) is 5.56 Å². The van der Waals surface area contributed by atoms with E-state index >= 15 is 0 Å². The van der Waals surface area contributed by atoms with Crippen LogP contribution in [0.5, 0.6) is 0 Å². The van der Waals surface area contributed by atoms with E-state index in [1.807, 2.05) is 0 Å². The van der Waals surface area contributed by atoms with Crippen LogP contribution in [0, 0.1) is 13.8 Å². The second-order valence-electron chi connectivity index (χ2n) is 9.69. The van der Waals surface area contributed by atoms with Crippen molar-refractivity contribution in [2.24, 2.45) is 4.99 Å². The highest BCUT2D eigenvalue weighted by atomic mass is 16.3. The molecule has 2 N–H and O–H groups in total. The van der Waals surface area contributed by atoms with E-state index in [-0.39, 0.29) is 50.3 Å². The number of carbonyl (C=O) groups is 2. The van der Waals surface area contributed by atoms with Gasteiger partial charge in [0.25, 0.3) is 11.1 Å². The number of rotatable bonds is 12. The molecule has 0 fully saturated rings. The van der Waals surface area contributed by atoms with E-state index < -0.39 is 22.5 Å². The summed E-state index contributed by atoms with van der Waals surface area (Å²) in [5, 5.41) is 0. The van der Waals surface area contributed by atoms with Gasteiger partial charge in [0.15, 0.2) is 0 Å². The number of carbonyl (C=O) groups excluding carboxylic acids is 2. The average Bonchev–Trinajstić information content (AvgIpc) is 3.38. The van der Waals surface area contributed by atoms with Crippen molar-refractivity contribution in [2.45, 2.75) is 52.6 Å². The number of aromatic amines is 2. The van der Waals surface area contributed by atoms with Crippen LogP contribution in [-0.2, 0) is 35.5 Å². The molecule has 3 aromatic heterocycles. The molecule has 0 aliphatic rings. The Morgan fingerprint density at radius 2 is 1.32 bits per heavy atom. The van der Waals surface area contributed by atoms with Crippen molar-refractivity contribution in [2.75, 3.05) is 0 Å². The van der Waals surface area contributed by atoms with Gasteiger partial charge >= 0.3 is 11.4 Å². The lowest BCUT2D eigenvalue weighted by atomic mass is 10.1. The minimum absolute atomic E-state index is 0.0458. The van der Waals surface area contributed by atoms with E-state index in [2.05, 4.69) is 15.0 Å². The molecule has 4 rings (SSSR count). The molecule has 4 aromatic rings. The third kappa shape index (κ3) is 7.94. The maximum atomic E-state index is 12.4. The fourth-order valence-electron chi connectivity index (χ4n) is 4.06. The highest BCUT2D eigenvalue weighted by Gasteiger charge is 2.10. The van der Waals surface area contributed by atoms with Crippen LogP contribution in [0.3, 0.4) is 0 Å². The second kappa shape index (κ2) is 12.8. The second-order valence-corrected chi connectivity index (χ2v) is 9.69. The zero-order valence-electron chi connectivity index (χ0n) is 22.6. The number of aryl methyl sites for hydroxylation is 4. The SMILES string of the molecule is Cc1cn(CCC(=O)Cc2ccc(N=Cc3ccc(CC(=O)CCn4cc(C)c(=O)[nH]c4=O)o3)cc2)c(=O)[nH]c1=O. The van der Waals surface area contributed by atoms with Crippen molar-refractivity contribution >= 4 is 23.5 Å². The van der Waals surface area contributed by atoms with Gasteiger partial charge in [-0.25, -0.2) is 9.59 Å². The number of H-pyrrole nitrogens is 2. The first kappa shape index (κ1) is 28.9. The molecule has 12 nitrogen and oxygen atoms in total. The third-order valence-corrected chi connectivity index (χ3v) is 6.37. The van der Waals surface area contributed by atoms with Gasteiger partial charge in [-0.1, -0.05) is 12.1 Å². The largest absolute Gasteiger partial charge is 0.460 e. The molecule has 212 valence electrons. The molecule has 41 heavy (non-hydrogen) atoms. The first-order valence-electron chi connectivity index (χ1n) is 12.9. The Balaban J connectivity index is 1.25. The summed E-state index contributed by atoms with van der Waals surface area (Å²) in [7, 11) is 0. The molecule has 0 spiro atoms. The molecule has 0 radical (unpaired) electrons. The summed E-state index contributed by atoms with van der Waals surface area (Å²) < 4.78 is 8.29. The van der Waals surface area contributed by atoms with Crippen LogP contribution in [0.4, 0.5) is 5.69 Å². The number of ketones is 2. The fraction of sp³-hybridized carbons (Fsp3) is 0.276. The van der Waals surface area contributed by atoms with Crippen molar-refractivity contribution in [3.05, 3.63) is 119 Å². The zero-order chi connectivity index (χ0) is 29.5. The first-order chi connectivity index (χ1) is 19.6. The van der Waals surface area contributed by atoms with E-state index in [0.29, 0.717) is 28.3 Å². The van der Waals surface area contributed by atoms with Crippen LogP contribution >= 0.6 is 0 Å². The molecule has 0 bridgehead atoms. The molecular formula is C29H29N5O7. The Morgan fingerprint density at radius 1 is 0.780 bits per heavy atom. The van der Waals surface area contributed by atoms with Gasteiger partial charge < -0.3 is 4.42 Å². The van der Waals surface area contributed by atoms with Crippen molar-refractivity contribution in [3.8, 4) is 0 Å². The van der Waals surface area contributed by atoms with Gasteiger partial charge in [0.05, 0.1) is 18.3 Å². The smallest absolute Gasteiger partial charge is 0.328 e. The molecule has 0 amide bonds. The van der Waals surface area contributed by atoms with Gasteiger partial charge in [-0.05, 0) is 43.7 Å². The molecule has 3 heterocycles. The van der Waals surface area contributed by atoms with E-state index in [4.69, 9.17) is 4.42 Å². The number of nitrogens with one attached hydrogen (secondary N) is 2.